The Hall–Kier alpha value is -3.60. The van der Waals surface area contributed by atoms with Crippen molar-refractivity contribution >= 4 is 11.9 Å². The third-order valence-electron chi connectivity index (χ3n) is 4.42. The maximum absolute atomic E-state index is 12.9. The summed E-state index contributed by atoms with van der Waals surface area (Å²) in [6, 6.07) is 26.2. The lowest BCUT2D eigenvalue weighted by atomic mass is 10.1. The molecule has 29 heavy (non-hydrogen) atoms. The SMILES string of the molecule is COC(=O)c1ccc(OCC(=O)N(Cc2ccccc2)Cc2ccccc2)cc1. The molecule has 0 unspecified atom stereocenters. The first-order chi connectivity index (χ1) is 14.2. The van der Waals surface area contributed by atoms with Gasteiger partial charge in [0.2, 0.25) is 0 Å². The molecule has 0 aliphatic carbocycles. The summed E-state index contributed by atoms with van der Waals surface area (Å²) in [6.45, 7) is 0.912. The highest BCUT2D eigenvalue weighted by molar-refractivity contribution is 5.89. The molecule has 0 radical (unpaired) electrons. The fourth-order valence-electron chi connectivity index (χ4n) is 2.88. The second-order valence-electron chi connectivity index (χ2n) is 6.53. The number of hydrogen-bond acceptors (Lipinski definition) is 4. The Morgan fingerprint density at radius 3 is 1.76 bits per heavy atom. The number of hydrogen-bond donors (Lipinski definition) is 0. The van der Waals surface area contributed by atoms with E-state index in [2.05, 4.69) is 4.74 Å². The summed E-state index contributed by atoms with van der Waals surface area (Å²) in [5, 5.41) is 0. The van der Waals surface area contributed by atoms with Crippen LogP contribution in [0.5, 0.6) is 5.75 Å². The average Bonchev–Trinajstić information content (AvgIpc) is 2.78. The second kappa shape index (κ2) is 10.1. The van der Waals surface area contributed by atoms with Gasteiger partial charge >= 0.3 is 5.97 Å². The van der Waals surface area contributed by atoms with Crippen LogP contribution < -0.4 is 4.74 Å². The number of nitrogens with zero attached hydrogens (tertiary/aromatic N) is 1. The molecule has 0 fully saturated rings. The van der Waals surface area contributed by atoms with Crippen LogP contribution in [0.3, 0.4) is 0 Å². The summed E-state index contributed by atoms with van der Waals surface area (Å²) < 4.78 is 10.3. The third kappa shape index (κ3) is 5.94. The van der Waals surface area contributed by atoms with Gasteiger partial charge in [0, 0.05) is 13.1 Å². The molecule has 0 spiro atoms. The summed E-state index contributed by atoms with van der Waals surface area (Å²) in [5.74, 6) is -0.00958. The monoisotopic (exact) mass is 389 g/mol. The van der Waals surface area contributed by atoms with Crippen LogP contribution in [-0.4, -0.2) is 30.5 Å². The van der Waals surface area contributed by atoms with Gasteiger partial charge in [-0.05, 0) is 35.4 Å². The molecule has 148 valence electrons. The van der Waals surface area contributed by atoms with Gasteiger partial charge < -0.3 is 14.4 Å². The van der Waals surface area contributed by atoms with E-state index in [1.165, 1.54) is 7.11 Å². The van der Waals surface area contributed by atoms with Crippen LogP contribution in [0.15, 0.2) is 84.9 Å². The molecule has 0 aliphatic heterocycles. The van der Waals surface area contributed by atoms with Gasteiger partial charge in [0.15, 0.2) is 6.61 Å². The van der Waals surface area contributed by atoms with Crippen LogP contribution in [0.4, 0.5) is 0 Å². The Labute approximate surface area is 170 Å². The van der Waals surface area contributed by atoms with Crippen LogP contribution in [0.2, 0.25) is 0 Å². The Bertz CT molecular complexity index is 883. The number of carbonyl (C=O) groups excluding carboxylic acids is 2. The van der Waals surface area contributed by atoms with Crippen molar-refractivity contribution in [3.63, 3.8) is 0 Å². The minimum atomic E-state index is -0.412. The molecule has 0 atom stereocenters. The van der Waals surface area contributed by atoms with E-state index in [-0.39, 0.29) is 12.5 Å². The van der Waals surface area contributed by atoms with E-state index < -0.39 is 5.97 Å². The van der Waals surface area contributed by atoms with Crippen molar-refractivity contribution in [2.24, 2.45) is 0 Å². The Balaban J connectivity index is 1.66. The van der Waals surface area contributed by atoms with Crippen LogP contribution in [-0.2, 0) is 22.6 Å². The predicted octanol–water partition coefficient (Wildman–Crippen LogP) is 4.08. The van der Waals surface area contributed by atoms with Crippen molar-refractivity contribution in [3.05, 3.63) is 102 Å². The topological polar surface area (TPSA) is 55.8 Å². The molecule has 5 heteroatoms. The number of methoxy groups -OCH3 is 1. The van der Waals surface area contributed by atoms with Gasteiger partial charge in [0.05, 0.1) is 12.7 Å². The number of carbonyl (C=O) groups is 2. The van der Waals surface area contributed by atoms with Gasteiger partial charge in [-0.25, -0.2) is 4.79 Å². The highest BCUT2D eigenvalue weighted by atomic mass is 16.5. The average molecular weight is 389 g/mol. The number of rotatable bonds is 8. The van der Waals surface area contributed by atoms with E-state index in [9.17, 15) is 9.59 Å². The molecule has 0 saturated carbocycles. The maximum atomic E-state index is 12.9. The number of ether oxygens (including phenoxy) is 2. The molecule has 0 saturated heterocycles. The maximum Gasteiger partial charge on any atom is 0.337 e. The van der Waals surface area contributed by atoms with Crippen molar-refractivity contribution in [2.75, 3.05) is 13.7 Å². The molecule has 0 heterocycles. The highest BCUT2D eigenvalue weighted by Gasteiger charge is 2.16. The van der Waals surface area contributed by atoms with Crippen LogP contribution >= 0.6 is 0 Å². The van der Waals surface area contributed by atoms with E-state index >= 15 is 0 Å². The molecule has 3 rings (SSSR count). The third-order valence-corrected chi connectivity index (χ3v) is 4.42. The minimum Gasteiger partial charge on any atom is -0.484 e. The normalized spacial score (nSPS) is 10.2. The van der Waals surface area contributed by atoms with E-state index in [4.69, 9.17) is 4.74 Å². The zero-order valence-corrected chi connectivity index (χ0v) is 16.3. The van der Waals surface area contributed by atoms with Gasteiger partial charge in [0.1, 0.15) is 5.75 Å². The van der Waals surface area contributed by atoms with E-state index in [0.717, 1.165) is 11.1 Å². The van der Waals surface area contributed by atoms with Crippen LogP contribution in [0, 0.1) is 0 Å². The van der Waals surface area contributed by atoms with Crippen molar-refractivity contribution in [1.82, 2.24) is 4.90 Å². The van der Waals surface area contributed by atoms with Crippen molar-refractivity contribution < 1.29 is 19.1 Å². The van der Waals surface area contributed by atoms with Gasteiger partial charge in [-0.3, -0.25) is 4.79 Å². The highest BCUT2D eigenvalue weighted by Crippen LogP contribution is 2.15. The Morgan fingerprint density at radius 1 is 0.759 bits per heavy atom. The van der Waals surface area contributed by atoms with Crippen molar-refractivity contribution in [3.8, 4) is 5.75 Å². The number of amides is 1. The van der Waals surface area contributed by atoms with Gasteiger partial charge in [-0.2, -0.15) is 0 Å². The summed E-state index contributed by atoms with van der Waals surface area (Å²) in [6.07, 6.45) is 0. The lowest BCUT2D eigenvalue weighted by Crippen LogP contribution is -2.34. The second-order valence-corrected chi connectivity index (χ2v) is 6.53. The smallest absolute Gasteiger partial charge is 0.337 e. The first-order valence-corrected chi connectivity index (χ1v) is 9.32. The first-order valence-electron chi connectivity index (χ1n) is 9.32. The van der Waals surface area contributed by atoms with Crippen molar-refractivity contribution in [2.45, 2.75) is 13.1 Å². The van der Waals surface area contributed by atoms with Crippen LogP contribution in [0.1, 0.15) is 21.5 Å². The lowest BCUT2D eigenvalue weighted by Gasteiger charge is -2.23. The van der Waals surface area contributed by atoms with E-state index in [1.807, 2.05) is 60.7 Å². The molecule has 3 aromatic rings. The molecule has 5 nitrogen and oxygen atoms in total. The summed E-state index contributed by atoms with van der Waals surface area (Å²) in [5.41, 5.74) is 2.54. The fraction of sp³-hybridized carbons (Fsp3) is 0.167. The quantitative estimate of drug-likeness (QED) is 0.545. The van der Waals surface area contributed by atoms with E-state index in [0.29, 0.717) is 24.4 Å². The standard InChI is InChI=1S/C24H23NO4/c1-28-24(27)21-12-14-22(15-13-21)29-18-23(26)25(16-19-8-4-2-5-9-19)17-20-10-6-3-7-11-20/h2-15H,16-18H2,1H3. The van der Waals surface area contributed by atoms with Gasteiger partial charge in [-0.1, -0.05) is 60.7 Å². The summed E-state index contributed by atoms with van der Waals surface area (Å²) >= 11 is 0. The molecule has 0 bridgehead atoms. The van der Waals surface area contributed by atoms with Gasteiger partial charge in [-0.15, -0.1) is 0 Å². The Morgan fingerprint density at radius 2 is 1.28 bits per heavy atom. The van der Waals surface area contributed by atoms with Crippen molar-refractivity contribution in [1.29, 1.82) is 0 Å². The molecular formula is C24H23NO4. The zero-order valence-electron chi connectivity index (χ0n) is 16.3. The molecule has 0 N–H and O–H groups in total. The summed E-state index contributed by atoms with van der Waals surface area (Å²) in [4.78, 5) is 26.1. The summed E-state index contributed by atoms with van der Waals surface area (Å²) in [7, 11) is 1.33. The molecule has 3 aromatic carbocycles. The minimum absolute atomic E-state index is 0.0861. The number of esters is 1. The number of benzene rings is 3. The molecule has 1 amide bonds. The fourth-order valence-corrected chi connectivity index (χ4v) is 2.88. The molecular weight excluding hydrogens is 366 g/mol. The molecule has 0 aromatic heterocycles. The van der Waals surface area contributed by atoms with Gasteiger partial charge in [0.25, 0.3) is 5.91 Å². The molecule has 0 aliphatic rings. The Kier molecular flexibility index (Phi) is 7.00. The van der Waals surface area contributed by atoms with Crippen LogP contribution in [0.25, 0.3) is 0 Å². The predicted molar refractivity (Wildman–Crippen MR) is 110 cm³/mol. The first kappa shape index (κ1) is 20.1. The lowest BCUT2D eigenvalue weighted by molar-refractivity contribution is -0.134. The van der Waals surface area contributed by atoms with E-state index in [1.54, 1.807) is 29.2 Å². The zero-order chi connectivity index (χ0) is 20.5. The largest absolute Gasteiger partial charge is 0.484 e.